The number of rotatable bonds is 14. The van der Waals surface area contributed by atoms with Gasteiger partial charge in [-0.1, -0.05) is 41.4 Å². The fraction of sp³-hybridized carbons (Fsp3) is 0.440. The van der Waals surface area contributed by atoms with Gasteiger partial charge in [0, 0.05) is 37.0 Å². The van der Waals surface area contributed by atoms with E-state index in [-0.39, 0.29) is 41.7 Å². The highest BCUT2D eigenvalue weighted by Gasteiger charge is 2.23. The van der Waals surface area contributed by atoms with Crippen LogP contribution in [0.5, 0.6) is 0 Å². The average molecular weight is 590 g/mol. The first-order valence-electron chi connectivity index (χ1n) is 12.0. The number of anilines is 1. The number of carbonyl (C=O) groups is 2. The number of sulfonamides is 1. The topological polar surface area (TPSA) is 126 Å². The van der Waals surface area contributed by atoms with Gasteiger partial charge in [-0.05, 0) is 57.0 Å². The molecule has 2 aromatic carbocycles. The normalized spacial score (nSPS) is 12.2. The summed E-state index contributed by atoms with van der Waals surface area (Å²) in [6.45, 7) is 4.27. The molecule has 0 saturated heterocycles. The van der Waals surface area contributed by atoms with Crippen molar-refractivity contribution in [1.29, 1.82) is 0 Å². The van der Waals surface area contributed by atoms with Gasteiger partial charge in [-0.25, -0.2) is 22.7 Å². The third-order valence-electron chi connectivity index (χ3n) is 5.10. The Hall–Kier alpha value is -2.57. The lowest BCUT2D eigenvalue weighted by Gasteiger charge is -2.28. The highest BCUT2D eigenvalue weighted by Crippen LogP contribution is 2.24. The molecule has 1 atom stereocenters. The summed E-state index contributed by atoms with van der Waals surface area (Å²) in [5, 5.41) is 5.84. The maximum Gasteiger partial charge on any atom is 0.412 e. The van der Waals surface area contributed by atoms with E-state index in [0.717, 1.165) is 0 Å². The minimum absolute atomic E-state index is 0.0296. The first kappa shape index (κ1) is 31.6. The van der Waals surface area contributed by atoms with Gasteiger partial charge in [0.1, 0.15) is 11.0 Å². The number of hydrogen-bond acceptors (Lipinski definition) is 6. The molecular formula is C25H34Cl2N4O6S. The zero-order valence-electron chi connectivity index (χ0n) is 21.6. The van der Waals surface area contributed by atoms with E-state index in [1.807, 2.05) is 19.9 Å². The Balaban J connectivity index is 1.95. The summed E-state index contributed by atoms with van der Waals surface area (Å²) in [5.74, 6) is 0. The number of amides is 3. The first-order valence-corrected chi connectivity index (χ1v) is 14.3. The second-order valence-corrected chi connectivity index (χ2v) is 11.3. The van der Waals surface area contributed by atoms with E-state index >= 15 is 0 Å². The molecule has 2 aromatic rings. The molecule has 0 spiro atoms. The van der Waals surface area contributed by atoms with Crippen molar-refractivity contribution in [3.8, 4) is 0 Å². The maximum absolute atomic E-state index is 12.8. The van der Waals surface area contributed by atoms with Crippen LogP contribution in [0.1, 0.15) is 26.7 Å². The standard InChI is InChI=1S/C25H34Cl2N4O6S/c1-18(2)29-24(32)31(16-21(17-36-3)37-25(33)30-20-9-5-4-6-10-20)14-8-7-13-28-38(34,35)23-12-11-19(26)15-22(23)27/h4-6,9-12,15,18,21,28H,7-8,13-14,16-17H2,1-3H3,(H,29,32)(H,30,33)/t21-/m0/s1. The van der Waals surface area contributed by atoms with Crippen molar-refractivity contribution < 1.29 is 27.5 Å². The summed E-state index contributed by atoms with van der Waals surface area (Å²) >= 11 is 11.9. The number of urea groups is 1. The van der Waals surface area contributed by atoms with Crippen molar-refractivity contribution in [3.63, 3.8) is 0 Å². The summed E-state index contributed by atoms with van der Waals surface area (Å²) in [6, 6.07) is 12.6. The average Bonchev–Trinajstić information content (AvgIpc) is 2.83. The summed E-state index contributed by atoms with van der Waals surface area (Å²) in [7, 11) is -2.35. The molecule has 210 valence electrons. The summed E-state index contributed by atoms with van der Waals surface area (Å²) in [6.07, 6.45) is -0.469. The number of benzene rings is 2. The fourth-order valence-corrected chi connectivity index (χ4v) is 5.24. The second-order valence-electron chi connectivity index (χ2n) is 8.70. The van der Waals surface area contributed by atoms with Crippen molar-refractivity contribution in [3.05, 3.63) is 58.6 Å². The summed E-state index contributed by atoms with van der Waals surface area (Å²) in [5.41, 5.74) is 0.574. The molecule has 0 aromatic heterocycles. The molecule has 0 unspecified atom stereocenters. The van der Waals surface area contributed by atoms with Gasteiger partial charge >= 0.3 is 12.1 Å². The van der Waals surface area contributed by atoms with Gasteiger partial charge in [-0.15, -0.1) is 0 Å². The van der Waals surface area contributed by atoms with E-state index < -0.39 is 22.2 Å². The third-order valence-corrected chi connectivity index (χ3v) is 7.28. The molecule has 0 bridgehead atoms. The summed E-state index contributed by atoms with van der Waals surface area (Å²) < 4.78 is 38.3. The Labute approximate surface area is 234 Å². The Bertz CT molecular complexity index is 1150. The van der Waals surface area contributed by atoms with Crippen LogP contribution in [0.3, 0.4) is 0 Å². The lowest BCUT2D eigenvalue weighted by Crippen LogP contribution is -2.48. The number of hydrogen-bond donors (Lipinski definition) is 3. The molecule has 0 aliphatic carbocycles. The van der Waals surface area contributed by atoms with E-state index in [1.54, 1.807) is 24.3 Å². The predicted molar refractivity (Wildman–Crippen MR) is 148 cm³/mol. The predicted octanol–water partition coefficient (Wildman–Crippen LogP) is 4.74. The Morgan fingerprint density at radius 1 is 1.05 bits per heavy atom. The molecule has 0 heterocycles. The molecule has 38 heavy (non-hydrogen) atoms. The van der Waals surface area contributed by atoms with Crippen molar-refractivity contribution in [2.24, 2.45) is 0 Å². The van der Waals surface area contributed by atoms with Crippen LogP contribution in [0, 0.1) is 0 Å². The molecule has 2 rings (SSSR count). The van der Waals surface area contributed by atoms with Gasteiger partial charge in [0.25, 0.3) is 0 Å². The number of carbonyl (C=O) groups excluding carboxylic acids is 2. The van der Waals surface area contributed by atoms with Crippen LogP contribution in [-0.2, 0) is 19.5 Å². The van der Waals surface area contributed by atoms with Crippen LogP contribution in [-0.4, -0.2) is 70.9 Å². The Kier molecular flexibility index (Phi) is 13.1. The second kappa shape index (κ2) is 15.7. The molecule has 0 fully saturated rings. The van der Waals surface area contributed by atoms with Gasteiger partial charge in [0.15, 0.2) is 0 Å². The van der Waals surface area contributed by atoms with E-state index in [2.05, 4.69) is 15.4 Å². The molecule has 0 radical (unpaired) electrons. The van der Waals surface area contributed by atoms with Crippen LogP contribution < -0.4 is 15.4 Å². The number of methoxy groups -OCH3 is 1. The number of nitrogens with zero attached hydrogens (tertiary/aromatic N) is 1. The number of para-hydroxylation sites is 1. The van der Waals surface area contributed by atoms with Crippen molar-refractivity contribution in [2.45, 2.75) is 43.7 Å². The first-order chi connectivity index (χ1) is 18.0. The Morgan fingerprint density at radius 2 is 1.76 bits per heavy atom. The molecule has 0 saturated carbocycles. The van der Waals surface area contributed by atoms with Gasteiger partial charge < -0.3 is 19.7 Å². The molecule has 10 nitrogen and oxygen atoms in total. The molecule has 0 aliphatic rings. The Morgan fingerprint density at radius 3 is 2.39 bits per heavy atom. The molecule has 13 heteroatoms. The van der Waals surface area contributed by atoms with Gasteiger partial charge in [0.05, 0.1) is 18.2 Å². The molecular weight excluding hydrogens is 555 g/mol. The largest absolute Gasteiger partial charge is 0.442 e. The smallest absolute Gasteiger partial charge is 0.412 e. The van der Waals surface area contributed by atoms with Crippen molar-refractivity contribution in [1.82, 2.24) is 14.9 Å². The molecule has 3 amide bonds. The lowest BCUT2D eigenvalue weighted by atomic mass is 10.2. The minimum Gasteiger partial charge on any atom is -0.442 e. The van der Waals surface area contributed by atoms with E-state index in [0.29, 0.717) is 30.1 Å². The zero-order chi connectivity index (χ0) is 28.1. The van der Waals surface area contributed by atoms with Crippen LogP contribution in [0.15, 0.2) is 53.4 Å². The lowest BCUT2D eigenvalue weighted by molar-refractivity contribution is 0.0301. The molecule has 3 N–H and O–H groups in total. The van der Waals surface area contributed by atoms with Gasteiger partial charge in [-0.2, -0.15) is 0 Å². The minimum atomic E-state index is -3.82. The molecule has 0 aliphatic heterocycles. The third kappa shape index (κ3) is 11.0. The monoisotopic (exact) mass is 588 g/mol. The van der Waals surface area contributed by atoms with Gasteiger partial charge in [0.2, 0.25) is 10.0 Å². The number of ether oxygens (including phenoxy) is 2. The van der Waals surface area contributed by atoms with Crippen LogP contribution in [0.4, 0.5) is 15.3 Å². The van der Waals surface area contributed by atoms with Crippen LogP contribution in [0.2, 0.25) is 10.0 Å². The number of halogens is 2. The van der Waals surface area contributed by atoms with Crippen LogP contribution >= 0.6 is 23.2 Å². The van der Waals surface area contributed by atoms with Crippen molar-refractivity contribution in [2.75, 3.05) is 38.7 Å². The van der Waals surface area contributed by atoms with Gasteiger partial charge in [-0.3, -0.25) is 5.32 Å². The zero-order valence-corrected chi connectivity index (χ0v) is 23.9. The SMILES string of the molecule is COC[C@H](CN(CCCCNS(=O)(=O)c1ccc(Cl)cc1Cl)C(=O)NC(C)C)OC(=O)Nc1ccccc1. The van der Waals surface area contributed by atoms with E-state index in [9.17, 15) is 18.0 Å². The fourth-order valence-electron chi connectivity index (χ4n) is 3.39. The van der Waals surface area contributed by atoms with Crippen LogP contribution in [0.25, 0.3) is 0 Å². The number of unbranched alkanes of at least 4 members (excludes halogenated alkanes) is 1. The maximum atomic E-state index is 12.8. The quantitative estimate of drug-likeness (QED) is 0.274. The van der Waals surface area contributed by atoms with Crippen molar-refractivity contribution >= 4 is 51.0 Å². The van der Waals surface area contributed by atoms with E-state index in [1.165, 1.54) is 30.2 Å². The summed E-state index contributed by atoms with van der Waals surface area (Å²) in [4.78, 5) is 26.7. The highest BCUT2D eigenvalue weighted by atomic mass is 35.5. The number of nitrogens with one attached hydrogen (secondary N) is 3. The highest BCUT2D eigenvalue weighted by molar-refractivity contribution is 7.89. The van der Waals surface area contributed by atoms with E-state index in [4.69, 9.17) is 32.7 Å².